The fourth-order valence-electron chi connectivity index (χ4n) is 1.64. The largest absolute Gasteiger partial charge is 0.478 e. The number of carboxylic acid groups (broad SMARTS) is 1. The van der Waals surface area contributed by atoms with Crippen molar-refractivity contribution in [2.45, 2.75) is 25.7 Å². The zero-order valence-electron chi connectivity index (χ0n) is 9.85. The number of anilines is 1. The monoisotopic (exact) mass is 237 g/mol. The average molecular weight is 237 g/mol. The molecule has 0 radical (unpaired) electrons. The predicted octanol–water partition coefficient (Wildman–Crippen LogP) is 2.35. The number of carbonyl (C=O) groups is 1. The van der Waals surface area contributed by atoms with Crippen molar-refractivity contribution in [2.75, 3.05) is 18.5 Å². The summed E-state index contributed by atoms with van der Waals surface area (Å²) in [5, 5.41) is 20.7. The summed E-state index contributed by atoms with van der Waals surface area (Å²) < 4.78 is 0. The van der Waals surface area contributed by atoms with E-state index in [1.165, 1.54) is 0 Å². The Hall–Kier alpha value is -1.55. The van der Waals surface area contributed by atoms with Crippen LogP contribution in [0, 0.1) is 0 Å². The Labute approximate surface area is 101 Å². The third-order valence-corrected chi connectivity index (χ3v) is 2.56. The van der Waals surface area contributed by atoms with Crippen LogP contribution in [0.25, 0.3) is 0 Å². The van der Waals surface area contributed by atoms with E-state index in [1.807, 2.05) is 6.07 Å². The first-order chi connectivity index (χ1) is 8.25. The highest BCUT2D eigenvalue weighted by Crippen LogP contribution is 2.14. The number of aromatic carboxylic acids is 1. The Bertz CT molecular complexity index is 352. The minimum atomic E-state index is -0.909. The second kappa shape index (κ2) is 7.68. The van der Waals surface area contributed by atoms with E-state index in [2.05, 4.69) is 5.32 Å². The number of carboxylic acids is 1. The molecule has 0 aliphatic heterocycles. The van der Waals surface area contributed by atoms with Crippen LogP contribution in [0.5, 0.6) is 0 Å². The third-order valence-electron chi connectivity index (χ3n) is 2.56. The van der Waals surface area contributed by atoms with Crippen molar-refractivity contribution in [3.8, 4) is 0 Å². The number of hydrogen-bond acceptors (Lipinski definition) is 3. The molecule has 0 aromatic heterocycles. The van der Waals surface area contributed by atoms with Gasteiger partial charge in [-0.3, -0.25) is 0 Å². The lowest BCUT2D eigenvalue weighted by atomic mass is 10.1. The van der Waals surface area contributed by atoms with Crippen LogP contribution in [0.15, 0.2) is 24.3 Å². The van der Waals surface area contributed by atoms with E-state index in [-0.39, 0.29) is 6.61 Å². The maximum absolute atomic E-state index is 10.9. The minimum Gasteiger partial charge on any atom is -0.478 e. The molecule has 0 bridgehead atoms. The summed E-state index contributed by atoms with van der Waals surface area (Å²) in [5.74, 6) is -0.909. The van der Waals surface area contributed by atoms with Crippen LogP contribution >= 0.6 is 0 Å². The minimum absolute atomic E-state index is 0.245. The topological polar surface area (TPSA) is 69.6 Å². The zero-order chi connectivity index (χ0) is 12.5. The van der Waals surface area contributed by atoms with Crippen LogP contribution in [-0.4, -0.2) is 29.3 Å². The number of hydrogen-bond donors (Lipinski definition) is 3. The normalized spacial score (nSPS) is 10.2. The highest BCUT2D eigenvalue weighted by atomic mass is 16.4. The molecule has 0 aliphatic carbocycles. The van der Waals surface area contributed by atoms with E-state index < -0.39 is 5.97 Å². The molecule has 17 heavy (non-hydrogen) atoms. The van der Waals surface area contributed by atoms with Crippen LogP contribution in [0.4, 0.5) is 5.69 Å². The highest BCUT2D eigenvalue weighted by molar-refractivity contribution is 5.94. The van der Waals surface area contributed by atoms with E-state index in [1.54, 1.807) is 18.2 Å². The lowest BCUT2D eigenvalue weighted by Crippen LogP contribution is -2.07. The van der Waals surface area contributed by atoms with Gasteiger partial charge in [0.05, 0.1) is 5.56 Å². The summed E-state index contributed by atoms with van der Waals surface area (Å²) in [5.41, 5.74) is 0.977. The molecule has 1 aromatic rings. The molecule has 0 saturated carbocycles. The molecule has 4 heteroatoms. The van der Waals surface area contributed by atoms with Crippen LogP contribution in [0.2, 0.25) is 0 Å². The Morgan fingerprint density at radius 2 is 1.82 bits per heavy atom. The van der Waals surface area contributed by atoms with Crippen LogP contribution in [0.3, 0.4) is 0 Å². The maximum atomic E-state index is 10.9. The maximum Gasteiger partial charge on any atom is 0.337 e. The van der Waals surface area contributed by atoms with Crippen molar-refractivity contribution in [3.05, 3.63) is 29.8 Å². The second-order valence-electron chi connectivity index (χ2n) is 3.92. The molecular formula is C13H19NO3. The van der Waals surface area contributed by atoms with Gasteiger partial charge in [0, 0.05) is 18.8 Å². The number of aliphatic hydroxyl groups excluding tert-OH is 1. The quantitative estimate of drug-likeness (QED) is 0.607. The van der Waals surface area contributed by atoms with Gasteiger partial charge in [0.15, 0.2) is 0 Å². The van der Waals surface area contributed by atoms with Crippen molar-refractivity contribution >= 4 is 11.7 Å². The molecule has 0 amide bonds. The summed E-state index contributed by atoms with van der Waals surface area (Å²) in [6, 6.07) is 6.91. The number of para-hydroxylation sites is 1. The van der Waals surface area contributed by atoms with E-state index in [0.29, 0.717) is 11.3 Å². The molecule has 0 fully saturated rings. The average Bonchev–Trinajstić information content (AvgIpc) is 2.34. The Morgan fingerprint density at radius 1 is 1.12 bits per heavy atom. The van der Waals surface area contributed by atoms with Crippen molar-refractivity contribution in [2.24, 2.45) is 0 Å². The van der Waals surface area contributed by atoms with E-state index >= 15 is 0 Å². The summed E-state index contributed by atoms with van der Waals surface area (Å²) >= 11 is 0. The van der Waals surface area contributed by atoms with Gasteiger partial charge < -0.3 is 15.5 Å². The Balaban J connectivity index is 2.34. The lowest BCUT2D eigenvalue weighted by molar-refractivity contribution is 0.0698. The Kier molecular flexibility index (Phi) is 6.10. The molecule has 1 rings (SSSR count). The first-order valence-corrected chi connectivity index (χ1v) is 5.92. The summed E-state index contributed by atoms with van der Waals surface area (Å²) in [6.45, 7) is 1.00. The molecule has 0 unspecified atom stereocenters. The summed E-state index contributed by atoms with van der Waals surface area (Å²) in [6.07, 6.45) is 3.88. The lowest BCUT2D eigenvalue weighted by Gasteiger charge is -2.08. The number of unbranched alkanes of at least 4 members (excludes halogenated alkanes) is 3. The Morgan fingerprint density at radius 3 is 2.53 bits per heavy atom. The fourth-order valence-corrected chi connectivity index (χ4v) is 1.64. The van der Waals surface area contributed by atoms with Gasteiger partial charge in [-0.25, -0.2) is 4.79 Å². The number of aliphatic hydroxyl groups is 1. The first kappa shape index (κ1) is 13.5. The van der Waals surface area contributed by atoms with Crippen molar-refractivity contribution in [1.82, 2.24) is 0 Å². The van der Waals surface area contributed by atoms with Gasteiger partial charge in [0.1, 0.15) is 0 Å². The van der Waals surface area contributed by atoms with Crippen LogP contribution in [0.1, 0.15) is 36.0 Å². The molecule has 0 saturated heterocycles. The van der Waals surface area contributed by atoms with E-state index in [4.69, 9.17) is 10.2 Å². The standard InChI is InChI=1S/C13H19NO3/c15-10-6-2-1-5-9-14-12-8-4-3-7-11(12)13(16)17/h3-4,7-8,14-15H,1-2,5-6,9-10H2,(H,16,17). The molecule has 0 spiro atoms. The van der Waals surface area contributed by atoms with E-state index in [9.17, 15) is 4.79 Å². The molecule has 0 atom stereocenters. The predicted molar refractivity (Wildman–Crippen MR) is 67.4 cm³/mol. The molecule has 0 heterocycles. The molecule has 4 nitrogen and oxygen atoms in total. The van der Waals surface area contributed by atoms with Crippen LogP contribution in [-0.2, 0) is 0 Å². The molecule has 3 N–H and O–H groups in total. The fraction of sp³-hybridized carbons (Fsp3) is 0.462. The van der Waals surface area contributed by atoms with E-state index in [0.717, 1.165) is 32.2 Å². The number of benzene rings is 1. The molecule has 0 aliphatic rings. The molecule has 94 valence electrons. The zero-order valence-corrected chi connectivity index (χ0v) is 9.85. The summed E-state index contributed by atoms with van der Waals surface area (Å²) in [4.78, 5) is 10.9. The van der Waals surface area contributed by atoms with Gasteiger partial charge in [-0.1, -0.05) is 25.0 Å². The van der Waals surface area contributed by atoms with Crippen molar-refractivity contribution in [3.63, 3.8) is 0 Å². The second-order valence-corrected chi connectivity index (χ2v) is 3.92. The van der Waals surface area contributed by atoms with Gasteiger partial charge in [-0.15, -0.1) is 0 Å². The van der Waals surface area contributed by atoms with Gasteiger partial charge in [0.2, 0.25) is 0 Å². The highest BCUT2D eigenvalue weighted by Gasteiger charge is 2.07. The SMILES string of the molecule is O=C(O)c1ccccc1NCCCCCCO. The van der Waals surface area contributed by atoms with Crippen LogP contribution < -0.4 is 5.32 Å². The number of nitrogens with one attached hydrogen (secondary N) is 1. The van der Waals surface area contributed by atoms with Crippen molar-refractivity contribution in [1.29, 1.82) is 0 Å². The van der Waals surface area contributed by atoms with Crippen molar-refractivity contribution < 1.29 is 15.0 Å². The van der Waals surface area contributed by atoms with Gasteiger partial charge in [0.25, 0.3) is 0 Å². The summed E-state index contributed by atoms with van der Waals surface area (Å²) in [7, 11) is 0. The van der Waals surface area contributed by atoms with Gasteiger partial charge >= 0.3 is 5.97 Å². The molecule has 1 aromatic carbocycles. The molecular weight excluding hydrogens is 218 g/mol. The third kappa shape index (κ3) is 4.87. The van der Waals surface area contributed by atoms with Gasteiger partial charge in [-0.05, 0) is 25.0 Å². The smallest absolute Gasteiger partial charge is 0.337 e. The first-order valence-electron chi connectivity index (χ1n) is 5.92. The van der Waals surface area contributed by atoms with Gasteiger partial charge in [-0.2, -0.15) is 0 Å². The number of rotatable bonds is 8.